The molecule has 0 N–H and O–H groups in total. The standard InChI is InChI=1S/C30H36O3S2Si/c1-23(31)32-21-28-27(20-29(35-28)34-22-24-14-8-5-9-15-24)33-36(30(2,3)4,25-16-10-6-11-17-25)26-18-12-7-13-19-26/h5-19,27-29H,20-22H2,1-4H3. The fourth-order valence-corrected chi connectivity index (χ4v) is 12.8. The van der Waals surface area contributed by atoms with Crippen molar-refractivity contribution in [3.63, 3.8) is 0 Å². The van der Waals surface area contributed by atoms with E-state index in [1.54, 1.807) is 0 Å². The average molecular weight is 537 g/mol. The molecule has 1 aliphatic heterocycles. The van der Waals surface area contributed by atoms with Crippen molar-refractivity contribution < 1.29 is 14.0 Å². The minimum atomic E-state index is -2.69. The molecule has 6 heteroatoms. The summed E-state index contributed by atoms with van der Waals surface area (Å²) < 4.78 is 13.4. The highest BCUT2D eigenvalue weighted by Crippen LogP contribution is 2.46. The highest BCUT2D eigenvalue weighted by molar-refractivity contribution is 8.17. The Balaban J connectivity index is 1.67. The molecule has 3 unspecified atom stereocenters. The molecular formula is C30H36O3S2Si. The fraction of sp³-hybridized carbons (Fsp3) is 0.367. The molecule has 3 aromatic carbocycles. The molecule has 1 saturated heterocycles. The van der Waals surface area contributed by atoms with E-state index in [-0.39, 0.29) is 22.4 Å². The number of thioether (sulfide) groups is 2. The Kier molecular flexibility index (Phi) is 9.04. The van der Waals surface area contributed by atoms with Crippen LogP contribution < -0.4 is 10.4 Å². The van der Waals surface area contributed by atoms with Gasteiger partial charge >= 0.3 is 5.97 Å². The summed E-state index contributed by atoms with van der Waals surface area (Å²) in [6, 6.07) is 32.1. The predicted octanol–water partition coefficient (Wildman–Crippen LogP) is 6.26. The van der Waals surface area contributed by atoms with Gasteiger partial charge in [0.2, 0.25) is 0 Å². The van der Waals surface area contributed by atoms with Gasteiger partial charge in [0.15, 0.2) is 0 Å². The monoisotopic (exact) mass is 536 g/mol. The van der Waals surface area contributed by atoms with Crippen LogP contribution in [0, 0.1) is 0 Å². The van der Waals surface area contributed by atoms with Crippen molar-refractivity contribution in [2.45, 2.75) is 60.8 Å². The normalized spacial score (nSPS) is 20.3. The third-order valence-electron chi connectivity index (χ3n) is 6.64. The molecule has 0 radical (unpaired) electrons. The van der Waals surface area contributed by atoms with Crippen LogP contribution >= 0.6 is 23.5 Å². The summed E-state index contributed by atoms with van der Waals surface area (Å²) in [5.74, 6) is 0.727. The molecule has 190 valence electrons. The summed E-state index contributed by atoms with van der Waals surface area (Å²) in [7, 11) is -2.69. The topological polar surface area (TPSA) is 35.5 Å². The lowest BCUT2D eigenvalue weighted by Gasteiger charge is -2.45. The Labute approximate surface area is 225 Å². The van der Waals surface area contributed by atoms with Crippen molar-refractivity contribution in [1.29, 1.82) is 0 Å². The predicted molar refractivity (Wildman–Crippen MR) is 157 cm³/mol. The molecule has 1 fully saturated rings. The average Bonchev–Trinajstić information content (AvgIpc) is 3.27. The third kappa shape index (κ3) is 6.28. The van der Waals surface area contributed by atoms with Crippen LogP contribution in [0.1, 0.15) is 39.7 Å². The first-order valence-corrected chi connectivity index (χ1v) is 16.4. The first-order valence-electron chi connectivity index (χ1n) is 12.5. The van der Waals surface area contributed by atoms with Gasteiger partial charge in [0.25, 0.3) is 8.32 Å². The molecule has 0 aromatic heterocycles. The van der Waals surface area contributed by atoms with Gasteiger partial charge in [-0.05, 0) is 27.4 Å². The Morgan fingerprint density at radius 2 is 1.44 bits per heavy atom. The molecule has 1 heterocycles. The number of hydrogen-bond donors (Lipinski definition) is 0. The number of benzene rings is 3. The minimum absolute atomic E-state index is 0.00562. The largest absolute Gasteiger partial charge is 0.465 e. The molecule has 0 aliphatic carbocycles. The van der Waals surface area contributed by atoms with Crippen LogP contribution in [-0.4, -0.2) is 36.8 Å². The molecule has 0 saturated carbocycles. The highest BCUT2D eigenvalue weighted by Gasteiger charge is 2.53. The second-order valence-corrected chi connectivity index (χ2v) is 17.4. The molecule has 4 rings (SSSR count). The third-order valence-corrected chi connectivity index (χ3v) is 14.8. The molecule has 0 spiro atoms. The SMILES string of the molecule is CC(=O)OCC1SC(SCc2ccccc2)CC1O[Si](c1ccccc1)(c1ccccc1)C(C)(C)C. The summed E-state index contributed by atoms with van der Waals surface area (Å²) >= 11 is 3.87. The number of ether oxygens (including phenoxy) is 1. The van der Waals surface area contributed by atoms with Gasteiger partial charge in [-0.3, -0.25) is 4.79 Å². The van der Waals surface area contributed by atoms with E-state index in [2.05, 4.69) is 112 Å². The van der Waals surface area contributed by atoms with E-state index >= 15 is 0 Å². The maximum Gasteiger partial charge on any atom is 0.302 e. The first-order chi connectivity index (χ1) is 17.3. The summed E-state index contributed by atoms with van der Waals surface area (Å²) in [5, 5.41) is 2.56. The van der Waals surface area contributed by atoms with E-state index in [0.29, 0.717) is 11.2 Å². The zero-order chi connectivity index (χ0) is 25.6. The second kappa shape index (κ2) is 12.0. The van der Waals surface area contributed by atoms with Crippen molar-refractivity contribution in [3.05, 3.63) is 96.6 Å². The first kappa shape index (κ1) is 27.1. The van der Waals surface area contributed by atoms with Crippen molar-refractivity contribution in [1.82, 2.24) is 0 Å². The van der Waals surface area contributed by atoms with E-state index in [4.69, 9.17) is 9.16 Å². The van der Waals surface area contributed by atoms with Crippen LogP contribution in [0.5, 0.6) is 0 Å². The molecular weight excluding hydrogens is 501 g/mol. The summed E-state index contributed by atoms with van der Waals surface area (Å²) in [5.41, 5.74) is 1.33. The molecule has 0 amide bonds. The van der Waals surface area contributed by atoms with Crippen molar-refractivity contribution in [2.75, 3.05) is 6.61 Å². The van der Waals surface area contributed by atoms with Gasteiger partial charge in [0, 0.05) is 12.7 Å². The summed E-state index contributed by atoms with van der Waals surface area (Å²) in [4.78, 5) is 11.7. The Morgan fingerprint density at radius 3 is 1.94 bits per heavy atom. The van der Waals surface area contributed by atoms with Crippen LogP contribution in [0.4, 0.5) is 0 Å². The van der Waals surface area contributed by atoms with E-state index in [1.165, 1.54) is 22.9 Å². The molecule has 3 atom stereocenters. The van der Waals surface area contributed by atoms with E-state index < -0.39 is 8.32 Å². The van der Waals surface area contributed by atoms with Crippen LogP contribution in [0.2, 0.25) is 5.04 Å². The van der Waals surface area contributed by atoms with Gasteiger partial charge in [0.05, 0.1) is 15.9 Å². The van der Waals surface area contributed by atoms with Gasteiger partial charge in [0.1, 0.15) is 6.61 Å². The fourth-order valence-electron chi connectivity index (χ4n) is 4.94. The second-order valence-electron chi connectivity index (χ2n) is 10.3. The lowest BCUT2D eigenvalue weighted by atomic mass is 10.2. The maximum absolute atomic E-state index is 11.7. The number of rotatable bonds is 9. The highest BCUT2D eigenvalue weighted by atomic mass is 32.2. The van der Waals surface area contributed by atoms with Gasteiger partial charge in [-0.15, -0.1) is 23.5 Å². The Bertz CT molecular complexity index is 1060. The van der Waals surface area contributed by atoms with Crippen molar-refractivity contribution >= 4 is 48.2 Å². The van der Waals surface area contributed by atoms with E-state index in [0.717, 1.165) is 12.2 Å². The smallest absolute Gasteiger partial charge is 0.302 e. The van der Waals surface area contributed by atoms with Crippen LogP contribution in [0.3, 0.4) is 0 Å². The number of carbonyl (C=O) groups is 1. The van der Waals surface area contributed by atoms with Crippen molar-refractivity contribution in [3.8, 4) is 0 Å². The summed E-state index contributed by atoms with van der Waals surface area (Å²) in [6.07, 6.45) is 0.924. The number of esters is 1. The van der Waals surface area contributed by atoms with Crippen molar-refractivity contribution in [2.24, 2.45) is 0 Å². The molecule has 3 aromatic rings. The van der Waals surface area contributed by atoms with Gasteiger partial charge < -0.3 is 9.16 Å². The summed E-state index contributed by atoms with van der Waals surface area (Å²) in [6.45, 7) is 8.79. The molecule has 3 nitrogen and oxygen atoms in total. The van der Waals surface area contributed by atoms with E-state index in [1.807, 2.05) is 23.5 Å². The van der Waals surface area contributed by atoms with Crippen LogP contribution in [-0.2, 0) is 19.7 Å². The zero-order valence-corrected chi connectivity index (χ0v) is 24.2. The number of hydrogen-bond acceptors (Lipinski definition) is 5. The molecule has 1 aliphatic rings. The van der Waals surface area contributed by atoms with Gasteiger partial charge in [-0.1, -0.05) is 112 Å². The lowest BCUT2D eigenvalue weighted by molar-refractivity contribution is -0.141. The molecule has 0 bridgehead atoms. The number of carbonyl (C=O) groups excluding carboxylic acids is 1. The maximum atomic E-state index is 11.7. The van der Waals surface area contributed by atoms with Crippen LogP contribution in [0.25, 0.3) is 0 Å². The van der Waals surface area contributed by atoms with Gasteiger partial charge in [-0.25, -0.2) is 0 Å². The van der Waals surface area contributed by atoms with Crippen LogP contribution in [0.15, 0.2) is 91.0 Å². The Morgan fingerprint density at radius 1 is 0.917 bits per heavy atom. The van der Waals surface area contributed by atoms with E-state index in [9.17, 15) is 4.79 Å². The lowest BCUT2D eigenvalue weighted by Crippen LogP contribution is -2.68. The quantitative estimate of drug-likeness (QED) is 0.238. The van der Waals surface area contributed by atoms with Gasteiger partial charge in [-0.2, -0.15) is 0 Å². The Hall–Kier alpha value is -1.99. The molecule has 36 heavy (non-hydrogen) atoms. The minimum Gasteiger partial charge on any atom is -0.465 e. The zero-order valence-electron chi connectivity index (χ0n) is 21.6.